The van der Waals surface area contributed by atoms with E-state index in [0.717, 1.165) is 12.8 Å². The number of ether oxygens (including phenoxy) is 1. The van der Waals surface area contributed by atoms with Crippen molar-refractivity contribution in [2.45, 2.75) is 19.8 Å². The summed E-state index contributed by atoms with van der Waals surface area (Å²) >= 11 is 0. The molecule has 0 N–H and O–H groups in total. The van der Waals surface area contributed by atoms with Gasteiger partial charge in [0, 0.05) is 25.2 Å². The van der Waals surface area contributed by atoms with Gasteiger partial charge < -0.3 is 9.64 Å². The average Bonchev–Trinajstić information content (AvgIpc) is 2.54. The molecule has 116 valence electrons. The van der Waals surface area contributed by atoms with Crippen LogP contribution in [0.5, 0.6) is 0 Å². The van der Waals surface area contributed by atoms with Crippen LogP contribution in [-0.2, 0) is 9.53 Å². The van der Waals surface area contributed by atoms with Crippen molar-refractivity contribution in [3.05, 3.63) is 33.9 Å². The molecule has 1 fully saturated rings. The molecule has 0 aliphatic carbocycles. The van der Waals surface area contributed by atoms with E-state index in [1.165, 1.54) is 18.2 Å². The first kappa shape index (κ1) is 15.8. The number of benzene rings is 1. The van der Waals surface area contributed by atoms with Crippen molar-refractivity contribution in [3.8, 4) is 6.07 Å². The zero-order valence-corrected chi connectivity index (χ0v) is 12.3. The Labute approximate surface area is 128 Å². The minimum absolute atomic E-state index is 0.0627. The van der Waals surface area contributed by atoms with Crippen LogP contribution >= 0.6 is 0 Å². The van der Waals surface area contributed by atoms with Gasteiger partial charge in [-0.15, -0.1) is 0 Å². The van der Waals surface area contributed by atoms with Crippen molar-refractivity contribution < 1.29 is 14.5 Å². The van der Waals surface area contributed by atoms with Gasteiger partial charge in [0.1, 0.15) is 6.07 Å². The quantitative estimate of drug-likeness (QED) is 0.481. The van der Waals surface area contributed by atoms with Crippen LogP contribution in [0.4, 0.5) is 11.4 Å². The van der Waals surface area contributed by atoms with E-state index in [0.29, 0.717) is 30.9 Å². The van der Waals surface area contributed by atoms with E-state index < -0.39 is 4.92 Å². The first-order valence-electron chi connectivity index (χ1n) is 7.17. The minimum Gasteiger partial charge on any atom is -0.466 e. The molecule has 0 bridgehead atoms. The number of nitrogens with zero attached hydrogens (tertiary/aromatic N) is 3. The van der Waals surface area contributed by atoms with Gasteiger partial charge in [0.2, 0.25) is 0 Å². The summed E-state index contributed by atoms with van der Waals surface area (Å²) in [5.41, 5.74) is 0.813. The minimum atomic E-state index is -0.489. The number of nitro groups is 1. The fraction of sp³-hybridized carbons (Fsp3) is 0.467. The molecular formula is C15H17N3O4. The van der Waals surface area contributed by atoms with E-state index in [9.17, 15) is 20.2 Å². The third-order valence-electron chi connectivity index (χ3n) is 3.69. The maximum absolute atomic E-state index is 11.9. The lowest BCUT2D eigenvalue weighted by Crippen LogP contribution is -2.39. The van der Waals surface area contributed by atoms with Crippen LogP contribution in [0.15, 0.2) is 18.2 Å². The van der Waals surface area contributed by atoms with Gasteiger partial charge in [0.25, 0.3) is 5.69 Å². The maximum atomic E-state index is 11.9. The zero-order valence-electron chi connectivity index (χ0n) is 12.3. The molecule has 7 nitrogen and oxygen atoms in total. The summed E-state index contributed by atoms with van der Waals surface area (Å²) in [7, 11) is 0. The van der Waals surface area contributed by atoms with Crippen molar-refractivity contribution in [1.82, 2.24) is 0 Å². The van der Waals surface area contributed by atoms with Crippen LogP contribution < -0.4 is 4.90 Å². The van der Waals surface area contributed by atoms with Gasteiger partial charge in [-0.2, -0.15) is 5.26 Å². The SMILES string of the molecule is CCOC(=O)C1CCCN(c2cc([N+](=O)[O-])ccc2C#N)C1. The highest BCUT2D eigenvalue weighted by molar-refractivity contribution is 5.74. The van der Waals surface area contributed by atoms with Gasteiger partial charge >= 0.3 is 5.97 Å². The fourth-order valence-electron chi connectivity index (χ4n) is 2.64. The molecule has 1 aliphatic heterocycles. The van der Waals surface area contributed by atoms with Crippen molar-refractivity contribution in [3.63, 3.8) is 0 Å². The Morgan fingerprint density at radius 1 is 1.59 bits per heavy atom. The normalized spacial score (nSPS) is 17.6. The first-order chi connectivity index (χ1) is 10.6. The Morgan fingerprint density at radius 2 is 2.36 bits per heavy atom. The van der Waals surface area contributed by atoms with E-state index in [1.54, 1.807) is 6.92 Å². The number of carbonyl (C=O) groups excluding carboxylic acids is 1. The Morgan fingerprint density at radius 3 is 3.00 bits per heavy atom. The summed E-state index contributed by atoms with van der Waals surface area (Å²) in [6, 6.07) is 6.20. The summed E-state index contributed by atoms with van der Waals surface area (Å²) in [4.78, 5) is 24.2. The summed E-state index contributed by atoms with van der Waals surface area (Å²) in [5.74, 6) is -0.518. The highest BCUT2D eigenvalue weighted by Gasteiger charge is 2.28. The number of esters is 1. The van der Waals surface area contributed by atoms with Gasteiger partial charge in [-0.3, -0.25) is 14.9 Å². The molecule has 1 atom stereocenters. The molecule has 2 rings (SSSR count). The number of carbonyl (C=O) groups is 1. The number of anilines is 1. The van der Waals surface area contributed by atoms with E-state index in [2.05, 4.69) is 0 Å². The molecule has 0 saturated carbocycles. The highest BCUT2D eigenvalue weighted by Crippen LogP contribution is 2.30. The van der Waals surface area contributed by atoms with Crippen molar-refractivity contribution in [2.75, 3.05) is 24.6 Å². The number of hydrogen-bond donors (Lipinski definition) is 0. The Balaban J connectivity index is 2.26. The summed E-state index contributed by atoms with van der Waals surface area (Å²) < 4.78 is 5.05. The molecule has 0 amide bonds. The Bertz CT molecular complexity index is 624. The van der Waals surface area contributed by atoms with Crippen LogP contribution in [0.2, 0.25) is 0 Å². The molecule has 1 saturated heterocycles. The maximum Gasteiger partial charge on any atom is 0.310 e. The predicted octanol–water partition coefficient (Wildman–Crippen LogP) is 2.25. The molecule has 22 heavy (non-hydrogen) atoms. The molecule has 1 unspecified atom stereocenters. The summed E-state index contributed by atoms with van der Waals surface area (Å²) in [6.45, 7) is 3.16. The summed E-state index contributed by atoms with van der Waals surface area (Å²) in [6.07, 6.45) is 1.50. The van der Waals surface area contributed by atoms with Crippen LogP contribution in [-0.4, -0.2) is 30.6 Å². The van der Waals surface area contributed by atoms with Gasteiger partial charge in [0.05, 0.1) is 28.7 Å². The smallest absolute Gasteiger partial charge is 0.310 e. The molecular weight excluding hydrogens is 286 g/mol. The number of hydrogen-bond acceptors (Lipinski definition) is 6. The van der Waals surface area contributed by atoms with Crippen LogP contribution in [0.25, 0.3) is 0 Å². The van der Waals surface area contributed by atoms with Crippen LogP contribution in [0, 0.1) is 27.4 Å². The average molecular weight is 303 g/mol. The van der Waals surface area contributed by atoms with Crippen LogP contribution in [0.1, 0.15) is 25.3 Å². The van der Waals surface area contributed by atoms with E-state index in [-0.39, 0.29) is 17.6 Å². The topological polar surface area (TPSA) is 96.5 Å². The molecule has 0 spiro atoms. The Hall–Kier alpha value is -2.62. The third kappa shape index (κ3) is 3.34. The van der Waals surface area contributed by atoms with E-state index in [1.807, 2.05) is 11.0 Å². The molecule has 0 aromatic heterocycles. The Kier molecular flexibility index (Phi) is 4.94. The van der Waals surface area contributed by atoms with Crippen molar-refractivity contribution in [1.29, 1.82) is 5.26 Å². The number of nitriles is 1. The number of rotatable bonds is 4. The van der Waals surface area contributed by atoms with Gasteiger partial charge in [0.15, 0.2) is 0 Å². The zero-order chi connectivity index (χ0) is 16.1. The van der Waals surface area contributed by atoms with Gasteiger partial charge in [-0.05, 0) is 25.8 Å². The highest BCUT2D eigenvalue weighted by atomic mass is 16.6. The lowest BCUT2D eigenvalue weighted by molar-refractivity contribution is -0.384. The second-order valence-corrected chi connectivity index (χ2v) is 5.11. The van der Waals surface area contributed by atoms with E-state index >= 15 is 0 Å². The molecule has 1 aliphatic rings. The predicted molar refractivity (Wildman–Crippen MR) is 79.4 cm³/mol. The molecule has 1 heterocycles. The first-order valence-corrected chi connectivity index (χ1v) is 7.17. The second kappa shape index (κ2) is 6.89. The number of nitro benzene ring substituents is 1. The van der Waals surface area contributed by atoms with Crippen molar-refractivity contribution in [2.24, 2.45) is 5.92 Å². The monoisotopic (exact) mass is 303 g/mol. The van der Waals surface area contributed by atoms with Gasteiger partial charge in [-0.25, -0.2) is 0 Å². The third-order valence-corrected chi connectivity index (χ3v) is 3.69. The van der Waals surface area contributed by atoms with E-state index in [4.69, 9.17) is 4.74 Å². The van der Waals surface area contributed by atoms with Crippen molar-refractivity contribution >= 4 is 17.3 Å². The lowest BCUT2D eigenvalue weighted by Gasteiger charge is -2.33. The van der Waals surface area contributed by atoms with Gasteiger partial charge in [-0.1, -0.05) is 0 Å². The fourth-order valence-corrected chi connectivity index (χ4v) is 2.64. The van der Waals surface area contributed by atoms with Crippen LogP contribution in [0.3, 0.4) is 0 Å². The second-order valence-electron chi connectivity index (χ2n) is 5.11. The number of non-ortho nitro benzene ring substituents is 1. The summed E-state index contributed by atoms with van der Waals surface area (Å²) in [5, 5.41) is 20.1. The standard InChI is InChI=1S/C15H17N3O4/c1-2-22-15(19)12-4-3-7-17(10-12)14-8-13(18(20)21)6-5-11(14)9-16/h5-6,8,12H,2-4,7,10H2,1H3. The molecule has 1 aromatic carbocycles. The molecule has 0 radical (unpaired) electrons. The molecule has 7 heteroatoms. The lowest BCUT2D eigenvalue weighted by atomic mass is 9.97. The molecule has 1 aromatic rings. The number of piperidine rings is 1. The largest absolute Gasteiger partial charge is 0.466 e.